The second-order valence-corrected chi connectivity index (χ2v) is 3.79. The number of hydrogen-bond acceptors (Lipinski definition) is 2. The predicted octanol–water partition coefficient (Wildman–Crippen LogP) is 3.67. The highest BCUT2D eigenvalue weighted by atomic mass is 16.5. The molecule has 0 unspecified atom stereocenters. The minimum atomic E-state index is 0.234. The van der Waals surface area contributed by atoms with Crippen LogP contribution in [0.2, 0.25) is 0 Å². The van der Waals surface area contributed by atoms with E-state index in [0.717, 1.165) is 16.7 Å². The van der Waals surface area contributed by atoms with Gasteiger partial charge in [-0.3, -0.25) is 0 Å². The maximum absolute atomic E-state index is 9.20. The largest absolute Gasteiger partial charge is 0.508 e. The Hall–Kier alpha value is -2.42. The third-order valence-corrected chi connectivity index (χ3v) is 2.62. The summed E-state index contributed by atoms with van der Waals surface area (Å²) in [6.45, 7) is 0. The van der Waals surface area contributed by atoms with Crippen LogP contribution < -0.4 is 4.74 Å². The van der Waals surface area contributed by atoms with E-state index < -0.39 is 0 Å². The van der Waals surface area contributed by atoms with E-state index in [1.54, 1.807) is 24.3 Å². The molecule has 0 fully saturated rings. The Morgan fingerprint density at radius 3 is 2.59 bits per heavy atom. The summed E-state index contributed by atoms with van der Waals surface area (Å²) in [5.41, 5.74) is 1.04. The first-order valence-electron chi connectivity index (χ1n) is 5.36. The van der Waals surface area contributed by atoms with E-state index in [4.69, 9.17) is 4.74 Å². The van der Waals surface area contributed by atoms with Crippen molar-refractivity contribution in [1.82, 2.24) is 4.98 Å². The Balaban J connectivity index is 1.99. The molecule has 2 aromatic carbocycles. The molecule has 2 N–H and O–H groups in total. The molecule has 0 saturated heterocycles. The van der Waals surface area contributed by atoms with Gasteiger partial charge in [-0.05, 0) is 42.5 Å². The van der Waals surface area contributed by atoms with E-state index in [0.29, 0.717) is 5.75 Å². The summed E-state index contributed by atoms with van der Waals surface area (Å²) in [6, 6.07) is 14.5. The Kier molecular flexibility index (Phi) is 2.22. The van der Waals surface area contributed by atoms with Gasteiger partial charge in [0.05, 0.1) is 0 Å². The summed E-state index contributed by atoms with van der Waals surface area (Å²) in [7, 11) is 0. The van der Waals surface area contributed by atoms with Gasteiger partial charge in [-0.1, -0.05) is 6.07 Å². The fraction of sp³-hybridized carbons (Fsp3) is 0. The van der Waals surface area contributed by atoms with Gasteiger partial charge in [0, 0.05) is 17.1 Å². The molecule has 0 radical (unpaired) electrons. The number of fused-ring (bicyclic) bond motifs is 1. The number of hydrogen-bond donors (Lipinski definition) is 2. The van der Waals surface area contributed by atoms with Gasteiger partial charge in [-0.25, -0.2) is 0 Å². The van der Waals surface area contributed by atoms with Gasteiger partial charge in [0.15, 0.2) is 0 Å². The molecule has 0 atom stereocenters. The van der Waals surface area contributed by atoms with Crippen LogP contribution in [-0.2, 0) is 0 Å². The van der Waals surface area contributed by atoms with Crippen LogP contribution in [0.3, 0.4) is 0 Å². The lowest BCUT2D eigenvalue weighted by molar-refractivity contribution is 0.466. The second-order valence-electron chi connectivity index (χ2n) is 3.79. The average molecular weight is 225 g/mol. The van der Waals surface area contributed by atoms with Crippen LogP contribution in [0.25, 0.3) is 10.9 Å². The first-order chi connectivity index (χ1) is 8.33. The minimum Gasteiger partial charge on any atom is -0.508 e. The number of aromatic amines is 1. The number of aromatic hydroxyl groups is 1. The molecule has 1 heterocycles. The Bertz CT molecular complexity index is 641. The molecule has 0 aliphatic carbocycles. The van der Waals surface area contributed by atoms with Crippen LogP contribution in [0.1, 0.15) is 0 Å². The molecular weight excluding hydrogens is 214 g/mol. The first-order valence-corrected chi connectivity index (χ1v) is 5.36. The van der Waals surface area contributed by atoms with Crippen LogP contribution in [0.4, 0.5) is 0 Å². The molecule has 17 heavy (non-hydrogen) atoms. The lowest BCUT2D eigenvalue weighted by atomic mass is 10.2. The summed E-state index contributed by atoms with van der Waals surface area (Å²) in [5.74, 6) is 1.74. The highest BCUT2D eigenvalue weighted by Gasteiger charge is 2.03. The normalized spacial score (nSPS) is 10.6. The SMILES string of the molecule is Oc1ccc(Oc2cccc3[nH]ccc23)cc1. The Labute approximate surface area is 98.3 Å². The van der Waals surface area contributed by atoms with Gasteiger partial charge in [-0.2, -0.15) is 0 Å². The third-order valence-electron chi connectivity index (χ3n) is 2.62. The number of rotatable bonds is 2. The van der Waals surface area contributed by atoms with Gasteiger partial charge in [0.1, 0.15) is 17.2 Å². The zero-order chi connectivity index (χ0) is 11.7. The number of phenols is 1. The standard InChI is InChI=1S/C14H11NO2/c16-10-4-6-11(7-5-10)17-14-3-1-2-13-12(14)8-9-15-13/h1-9,15-16H. The molecule has 3 nitrogen and oxygen atoms in total. The molecule has 3 aromatic rings. The Morgan fingerprint density at radius 2 is 1.76 bits per heavy atom. The summed E-state index contributed by atoms with van der Waals surface area (Å²) in [5, 5.41) is 10.2. The molecule has 3 rings (SSSR count). The molecule has 84 valence electrons. The van der Waals surface area contributed by atoms with E-state index in [1.165, 1.54) is 0 Å². The van der Waals surface area contributed by atoms with E-state index in [2.05, 4.69) is 4.98 Å². The molecule has 0 spiro atoms. The van der Waals surface area contributed by atoms with Crippen LogP contribution >= 0.6 is 0 Å². The van der Waals surface area contributed by atoms with Crippen molar-refractivity contribution in [2.45, 2.75) is 0 Å². The van der Waals surface area contributed by atoms with Gasteiger partial charge < -0.3 is 14.8 Å². The number of aromatic nitrogens is 1. The zero-order valence-corrected chi connectivity index (χ0v) is 9.05. The van der Waals surface area contributed by atoms with Crippen LogP contribution in [-0.4, -0.2) is 10.1 Å². The highest BCUT2D eigenvalue weighted by molar-refractivity contribution is 5.85. The number of ether oxygens (including phenoxy) is 1. The zero-order valence-electron chi connectivity index (χ0n) is 9.05. The van der Waals surface area contributed by atoms with Crippen molar-refractivity contribution in [1.29, 1.82) is 0 Å². The molecule has 0 aliphatic heterocycles. The summed E-state index contributed by atoms with van der Waals surface area (Å²) in [6.07, 6.45) is 1.88. The van der Waals surface area contributed by atoms with Crippen molar-refractivity contribution in [2.24, 2.45) is 0 Å². The predicted molar refractivity (Wildman–Crippen MR) is 66.5 cm³/mol. The topological polar surface area (TPSA) is 45.2 Å². The fourth-order valence-corrected chi connectivity index (χ4v) is 1.79. The maximum Gasteiger partial charge on any atom is 0.136 e. The fourth-order valence-electron chi connectivity index (χ4n) is 1.79. The van der Waals surface area contributed by atoms with E-state index in [1.807, 2.05) is 30.5 Å². The molecule has 0 saturated carbocycles. The molecule has 0 bridgehead atoms. The first kappa shape index (κ1) is 9.78. The van der Waals surface area contributed by atoms with Crippen molar-refractivity contribution in [3.63, 3.8) is 0 Å². The summed E-state index contributed by atoms with van der Waals surface area (Å²) in [4.78, 5) is 3.13. The van der Waals surface area contributed by atoms with E-state index in [-0.39, 0.29) is 5.75 Å². The smallest absolute Gasteiger partial charge is 0.136 e. The van der Waals surface area contributed by atoms with Gasteiger partial charge in [0.25, 0.3) is 0 Å². The maximum atomic E-state index is 9.20. The summed E-state index contributed by atoms with van der Waals surface area (Å²) < 4.78 is 5.77. The molecule has 1 aromatic heterocycles. The number of benzene rings is 2. The van der Waals surface area contributed by atoms with Crippen molar-refractivity contribution >= 4 is 10.9 Å². The van der Waals surface area contributed by atoms with Crippen LogP contribution in [0.5, 0.6) is 17.2 Å². The van der Waals surface area contributed by atoms with Crippen molar-refractivity contribution < 1.29 is 9.84 Å². The molecule has 0 aliphatic rings. The number of phenolic OH excluding ortho intramolecular Hbond substituents is 1. The van der Waals surface area contributed by atoms with Gasteiger partial charge in [-0.15, -0.1) is 0 Å². The number of H-pyrrole nitrogens is 1. The minimum absolute atomic E-state index is 0.234. The van der Waals surface area contributed by atoms with Crippen molar-refractivity contribution in [2.75, 3.05) is 0 Å². The molecule has 0 amide bonds. The van der Waals surface area contributed by atoms with Crippen molar-refractivity contribution in [3.8, 4) is 17.2 Å². The monoisotopic (exact) mass is 225 g/mol. The van der Waals surface area contributed by atoms with Crippen LogP contribution in [0.15, 0.2) is 54.7 Å². The highest BCUT2D eigenvalue weighted by Crippen LogP contribution is 2.29. The van der Waals surface area contributed by atoms with Gasteiger partial charge in [0.2, 0.25) is 0 Å². The quantitative estimate of drug-likeness (QED) is 0.699. The van der Waals surface area contributed by atoms with E-state index in [9.17, 15) is 5.11 Å². The average Bonchev–Trinajstić information content (AvgIpc) is 2.81. The van der Waals surface area contributed by atoms with Crippen LogP contribution in [0, 0.1) is 0 Å². The lowest BCUT2D eigenvalue weighted by Crippen LogP contribution is -1.84. The van der Waals surface area contributed by atoms with Crippen molar-refractivity contribution in [3.05, 3.63) is 54.7 Å². The molecular formula is C14H11NO2. The second kappa shape index (κ2) is 3.87. The Morgan fingerprint density at radius 1 is 0.941 bits per heavy atom. The van der Waals surface area contributed by atoms with E-state index >= 15 is 0 Å². The van der Waals surface area contributed by atoms with Gasteiger partial charge >= 0.3 is 0 Å². The lowest BCUT2D eigenvalue weighted by Gasteiger charge is -2.06. The number of nitrogens with one attached hydrogen (secondary N) is 1. The molecule has 3 heteroatoms. The summed E-state index contributed by atoms with van der Waals surface area (Å²) >= 11 is 0. The third kappa shape index (κ3) is 1.83.